The van der Waals surface area contributed by atoms with E-state index in [1.54, 1.807) is 25.0 Å². The Labute approximate surface area is 202 Å². The average Bonchev–Trinajstić information content (AvgIpc) is 2.73. The largest absolute Gasteiger partial charge is 1.00 e. The van der Waals surface area contributed by atoms with Gasteiger partial charge < -0.3 is 37.2 Å². The van der Waals surface area contributed by atoms with Crippen molar-refractivity contribution in [2.24, 2.45) is 0 Å². The molecule has 0 aliphatic heterocycles. The third-order valence-corrected chi connectivity index (χ3v) is 10.0. The number of benzene rings is 2. The molecule has 1 aliphatic carbocycles. The maximum Gasteiger partial charge on any atom is -1.00 e. The van der Waals surface area contributed by atoms with Crippen molar-refractivity contribution in [2.75, 3.05) is 0 Å². The Bertz CT molecular complexity index is 824. The molecule has 0 nitrogen and oxygen atoms in total. The summed E-state index contributed by atoms with van der Waals surface area (Å²) in [5, 5.41) is 4.85. The van der Waals surface area contributed by atoms with Gasteiger partial charge in [0.15, 0.2) is 0 Å². The van der Waals surface area contributed by atoms with Crippen molar-refractivity contribution in [3.8, 4) is 0 Å². The zero-order chi connectivity index (χ0) is 18.3. The summed E-state index contributed by atoms with van der Waals surface area (Å²) in [5.74, 6) is 0. The van der Waals surface area contributed by atoms with Gasteiger partial charge in [0.25, 0.3) is 0 Å². The summed E-state index contributed by atoms with van der Waals surface area (Å²) < 4.78 is 1.55. The third-order valence-electron chi connectivity index (χ3n) is 5.30. The predicted octanol–water partition coefficient (Wildman–Crippen LogP) is -4.65. The zero-order valence-electron chi connectivity index (χ0n) is 17.4. The maximum absolute atomic E-state index is 2.44. The van der Waals surface area contributed by atoms with E-state index in [9.17, 15) is 0 Å². The van der Waals surface area contributed by atoms with E-state index in [1.165, 1.54) is 27.8 Å². The topological polar surface area (TPSA) is 0 Å². The first-order valence-corrected chi connectivity index (χ1v) is 11.6. The van der Waals surface area contributed by atoms with E-state index in [1.807, 2.05) is 0 Å². The van der Waals surface area contributed by atoms with Crippen molar-refractivity contribution < 1.29 is 57.7 Å². The first-order chi connectivity index (χ1) is 11.8. The number of hydrogen-bond donors (Lipinski definition) is 0. The van der Waals surface area contributed by atoms with Crippen LogP contribution in [0.1, 0.15) is 42.5 Å². The molecule has 0 aromatic heterocycles. The quantitative estimate of drug-likeness (QED) is 0.384. The maximum atomic E-state index is 2.44. The Morgan fingerprint density at radius 2 is 1.00 bits per heavy atom. The van der Waals surface area contributed by atoms with Crippen molar-refractivity contribution in [3.63, 3.8) is 0 Å². The molecule has 0 saturated carbocycles. The molecule has 0 radical (unpaired) electrons. The van der Waals surface area contributed by atoms with E-state index in [2.05, 4.69) is 98.4 Å². The molecule has 0 unspecified atom stereocenters. The first kappa shape index (κ1) is 27.7. The Morgan fingerprint density at radius 3 is 1.29 bits per heavy atom. The molecule has 0 fully saturated rings. The van der Waals surface area contributed by atoms with E-state index in [-0.39, 0.29) is 37.2 Å². The van der Waals surface area contributed by atoms with Crippen molar-refractivity contribution in [1.29, 1.82) is 0 Å². The molecule has 2 aromatic carbocycles. The van der Waals surface area contributed by atoms with Crippen LogP contribution >= 0.6 is 0 Å². The van der Waals surface area contributed by atoms with Crippen molar-refractivity contribution in [1.82, 2.24) is 0 Å². The van der Waals surface area contributed by atoms with Gasteiger partial charge in [-0.1, -0.05) is 0 Å². The van der Waals surface area contributed by atoms with Gasteiger partial charge in [-0.05, 0) is 0 Å². The van der Waals surface area contributed by atoms with Gasteiger partial charge in [0.1, 0.15) is 0 Å². The summed E-state index contributed by atoms with van der Waals surface area (Å²) in [6.45, 7) is 13.5. The van der Waals surface area contributed by atoms with Crippen molar-refractivity contribution in [3.05, 3.63) is 78.9 Å². The normalized spacial score (nSPS) is 13.3. The van der Waals surface area contributed by atoms with Gasteiger partial charge in [0, 0.05) is 0 Å². The summed E-state index contributed by atoms with van der Waals surface area (Å²) in [7, 11) is -1.41. The minimum atomic E-state index is -1.41. The van der Waals surface area contributed by atoms with Crippen LogP contribution in [0.5, 0.6) is 0 Å². The van der Waals surface area contributed by atoms with Crippen LogP contribution in [0, 0.1) is 27.7 Å². The van der Waals surface area contributed by atoms with E-state index < -0.39 is 8.80 Å². The van der Waals surface area contributed by atoms with Gasteiger partial charge in [0.2, 0.25) is 0 Å². The molecule has 2 aromatic rings. The van der Waals surface area contributed by atoms with Crippen molar-refractivity contribution >= 4 is 19.2 Å². The zero-order valence-corrected chi connectivity index (χ0v) is 22.4. The summed E-state index contributed by atoms with van der Waals surface area (Å²) in [4.78, 5) is 0. The Morgan fingerprint density at radius 1 is 0.643 bits per heavy atom. The third kappa shape index (κ3) is 5.88. The first-order valence-electron chi connectivity index (χ1n) is 9.04. The molecule has 0 atom stereocenters. The van der Waals surface area contributed by atoms with Crippen LogP contribution < -0.4 is 47.6 Å². The van der Waals surface area contributed by atoms with Crippen LogP contribution in [0.15, 0.2) is 56.6 Å². The fourth-order valence-electron chi connectivity index (χ4n) is 4.16. The standard InChI is InChI=1S/C23H27Si.3ClH.Ti/c1-15-7-16(2)10-21(9-15)24(23-13-19(5)20(6)14-23)22-11-17(3)8-18(4)12-22;;;;/h7-12,24H,13H2,1-6H3;3*1H;/q;;;;+3/p-3. The van der Waals surface area contributed by atoms with Crippen LogP contribution in [0.25, 0.3) is 0 Å². The number of hydrogen-bond acceptors (Lipinski definition) is 0. The SMILES string of the molecule is CC1=C(C)[C]([Ti+3])=C([SiH](c2cc(C)cc(C)c2)c2cc(C)cc(C)c2)C1.[Cl-].[Cl-].[Cl-]. The van der Waals surface area contributed by atoms with Crippen LogP contribution in [0.2, 0.25) is 0 Å². The molecule has 0 heterocycles. The Hall–Kier alpha value is -0.279. The monoisotopic (exact) mass is 484 g/mol. The van der Waals surface area contributed by atoms with E-state index in [4.69, 9.17) is 0 Å². The van der Waals surface area contributed by atoms with Crippen LogP contribution in [-0.2, 0) is 20.4 Å². The number of rotatable bonds is 3. The van der Waals surface area contributed by atoms with Crippen molar-refractivity contribution in [2.45, 2.75) is 48.0 Å². The molecule has 1 aliphatic rings. The molecule has 5 heteroatoms. The van der Waals surface area contributed by atoms with E-state index in [0.717, 1.165) is 6.42 Å². The number of halogens is 3. The molecule has 0 saturated heterocycles. The molecular weight excluding hydrogens is 459 g/mol. The van der Waals surface area contributed by atoms with Gasteiger partial charge in [0.05, 0.1) is 0 Å². The second kappa shape index (κ2) is 11.2. The second-order valence-corrected chi connectivity index (χ2v) is 11.4. The minimum Gasteiger partial charge on any atom is -1.00 e. The van der Waals surface area contributed by atoms with Gasteiger partial charge in [-0.3, -0.25) is 0 Å². The molecule has 28 heavy (non-hydrogen) atoms. The predicted molar refractivity (Wildman–Crippen MR) is 108 cm³/mol. The van der Waals surface area contributed by atoms with Crippen LogP contribution in [0.3, 0.4) is 0 Å². The Kier molecular flexibility index (Phi) is 11.1. The van der Waals surface area contributed by atoms with E-state index >= 15 is 0 Å². The molecule has 0 spiro atoms. The summed E-state index contributed by atoms with van der Waals surface area (Å²) in [6.07, 6.45) is 1.16. The Balaban J connectivity index is 0.00000243. The van der Waals surface area contributed by atoms with Crippen LogP contribution in [0.4, 0.5) is 0 Å². The molecule has 0 N–H and O–H groups in total. The fraction of sp³-hybridized carbons (Fsp3) is 0.304. The number of allylic oxidation sites excluding steroid dienone is 4. The minimum absolute atomic E-state index is 0. The van der Waals surface area contributed by atoms with Gasteiger partial charge in [-0.15, -0.1) is 0 Å². The smallest absolute Gasteiger partial charge is 1.00 e. The summed E-state index contributed by atoms with van der Waals surface area (Å²) >= 11 is 2.34. The van der Waals surface area contributed by atoms with Crippen LogP contribution in [-0.4, -0.2) is 8.80 Å². The van der Waals surface area contributed by atoms with E-state index in [0.29, 0.717) is 0 Å². The second-order valence-electron chi connectivity index (χ2n) is 7.76. The molecular formula is C23H27Cl3SiTi. The average molecular weight is 486 g/mol. The van der Waals surface area contributed by atoms with Gasteiger partial charge >= 0.3 is 166 Å². The molecule has 0 amide bonds. The summed E-state index contributed by atoms with van der Waals surface area (Å²) in [5.41, 5.74) is 8.60. The molecule has 0 bridgehead atoms. The fourth-order valence-corrected chi connectivity index (χ4v) is 9.23. The molecule has 148 valence electrons. The number of aryl methyl sites for hydroxylation is 4. The van der Waals surface area contributed by atoms with Gasteiger partial charge in [-0.25, -0.2) is 0 Å². The van der Waals surface area contributed by atoms with Gasteiger partial charge in [-0.2, -0.15) is 0 Å². The summed E-state index contributed by atoms with van der Waals surface area (Å²) in [6, 6.07) is 14.3. The molecule has 3 rings (SSSR count).